The van der Waals surface area contributed by atoms with Gasteiger partial charge in [-0.1, -0.05) is 0 Å². The number of rotatable bonds is 4. The van der Waals surface area contributed by atoms with Crippen LogP contribution in [0.5, 0.6) is 5.75 Å². The number of nitrogens with zero attached hydrogens (tertiary/aromatic N) is 2. The van der Waals surface area contributed by atoms with E-state index >= 15 is 0 Å². The van der Waals surface area contributed by atoms with Gasteiger partial charge in [-0.05, 0) is 36.2 Å². The highest BCUT2D eigenvalue weighted by Gasteiger charge is 2.16. The minimum absolute atomic E-state index is 0.101. The summed E-state index contributed by atoms with van der Waals surface area (Å²) in [7, 11) is 1.65. The number of phenols is 1. The van der Waals surface area contributed by atoms with Crippen LogP contribution in [0.15, 0.2) is 42.7 Å². The lowest BCUT2D eigenvalue weighted by molar-refractivity contribution is 0.0793. The second-order valence-corrected chi connectivity index (χ2v) is 4.49. The lowest BCUT2D eigenvalue weighted by Crippen LogP contribution is -2.28. The second-order valence-electron chi connectivity index (χ2n) is 4.49. The van der Waals surface area contributed by atoms with E-state index in [0.29, 0.717) is 13.0 Å². The quantitative estimate of drug-likeness (QED) is 0.930. The van der Waals surface area contributed by atoms with Gasteiger partial charge in [-0.3, -0.25) is 9.78 Å². The van der Waals surface area contributed by atoms with E-state index in [2.05, 4.69) is 4.98 Å². The van der Waals surface area contributed by atoms with E-state index < -0.39 is 5.82 Å². The van der Waals surface area contributed by atoms with E-state index in [9.17, 15) is 14.3 Å². The molecule has 0 saturated carbocycles. The Morgan fingerprint density at radius 1 is 1.30 bits per heavy atom. The summed E-state index contributed by atoms with van der Waals surface area (Å²) in [5, 5.41) is 9.60. The minimum Gasteiger partial charge on any atom is -0.507 e. The number of phenolic OH excluding ortho intramolecular Hbond substituents is 1. The molecule has 0 aliphatic heterocycles. The summed E-state index contributed by atoms with van der Waals surface area (Å²) in [6, 6.07) is 7.14. The minimum atomic E-state index is -0.571. The van der Waals surface area contributed by atoms with Gasteiger partial charge >= 0.3 is 0 Å². The number of likely N-dealkylation sites (N-methyl/N-ethyl adjacent to an activating group) is 1. The van der Waals surface area contributed by atoms with Crippen molar-refractivity contribution in [1.29, 1.82) is 0 Å². The maximum absolute atomic E-state index is 12.9. The average Bonchev–Trinajstić information content (AvgIpc) is 2.45. The van der Waals surface area contributed by atoms with Crippen LogP contribution in [0.1, 0.15) is 15.9 Å². The molecule has 5 heteroatoms. The van der Waals surface area contributed by atoms with Crippen molar-refractivity contribution in [3.8, 4) is 5.75 Å². The van der Waals surface area contributed by atoms with Crippen LogP contribution >= 0.6 is 0 Å². The molecular weight excluding hydrogens is 259 g/mol. The SMILES string of the molecule is CN(CCc1ccncc1)C(=O)c1ccc(F)cc1O. The van der Waals surface area contributed by atoms with Gasteiger partial charge in [0.05, 0.1) is 5.56 Å². The second kappa shape index (κ2) is 6.14. The lowest BCUT2D eigenvalue weighted by atomic mass is 10.1. The van der Waals surface area contributed by atoms with Gasteiger partial charge in [0.1, 0.15) is 11.6 Å². The predicted molar refractivity (Wildman–Crippen MR) is 73.0 cm³/mol. The molecule has 0 aliphatic carbocycles. The van der Waals surface area contributed by atoms with E-state index in [0.717, 1.165) is 17.7 Å². The first-order valence-electron chi connectivity index (χ1n) is 6.21. The molecule has 1 amide bonds. The van der Waals surface area contributed by atoms with Crippen molar-refractivity contribution in [3.05, 3.63) is 59.7 Å². The molecule has 1 heterocycles. The Hall–Kier alpha value is -2.43. The Morgan fingerprint density at radius 3 is 2.65 bits per heavy atom. The number of hydrogen-bond donors (Lipinski definition) is 1. The number of carbonyl (C=O) groups is 1. The molecule has 0 radical (unpaired) electrons. The van der Waals surface area contributed by atoms with E-state index in [1.807, 2.05) is 12.1 Å². The zero-order chi connectivity index (χ0) is 14.5. The summed E-state index contributed by atoms with van der Waals surface area (Å²) in [6.07, 6.45) is 4.08. The number of amides is 1. The van der Waals surface area contributed by atoms with Crippen molar-refractivity contribution in [2.75, 3.05) is 13.6 Å². The van der Waals surface area contributed by atoms with E-state index in [1.54, 1.807) is 19.4 Å². The first kappa shape index (κ1) is 14.0. The smallest absolute Gasteiger partial charge is 0.257 e. The summed E-state index contributed by atoms with van der Waals surface area (Å²) in [4.78, 5) is 17.5. The number of carbonyl (C=O) groups excluding carboxylic acids is 1. The topological polar surface area (TPSA) is 53.4 Å². The monoisotopic (exact) mass is 274 g/mol. The standard InChI is InChI=1S/C15H15FN2O2/c1-18(9-6-11-4-7-17-8-5-11)15(20)13-3-2-12(16)10-14(13)19/h2-5,7-8,10,19H,6,9H2,1H3. The number of aromatic nitrogens is 1. The number of benzene rings is 1. The molecule has 0 unspecified atom stereocenters. The summed E-state index contributed by atoms with van der Waals surface area (Å²) in [5.41, 5.74) is 1.17. The van der Waals surface area contributed by atoms with Crippen molar-refractivity contribution in [1.82, 2.24) is 9.88 Å². The van der Waals surface area contributed by atoms with Gasteiger partial charge in [0, 0.05) is 32.1 Å². The molecule has 0 saturated heterocycles. The molecule has 20 heavy (non-hydrogen) atoms. The van der Waals surface area contributed by atoms with Gasteiger partial charge in [-0.25, -0.2) is 4.39 Å². The normalized spacial score (nSPS) is 10.3. The van der Waals surface area contributed by atoms with E-state index in [4.69, 9.17) is 0 Å². The highest BCUT2D eigenvalue weighted by Crippen LogP contribution is 2.19. The third-order valence-corrected chi connectivity index (χ3v) is 3.02. The maximum atomic E-state index is 12.9. The van der Waals surface area contributed by atoms with Crippen molar-refractivity contribution >= 4 is 5.91 Å². The lowest BCUT2D eigenvalue weighted by Gasteiger charge is -2.17. The largest absolute Gasteiger partial charge is 0.507 e. The zero-order valence-electron chi connectivity index (χ0n) is 11.1. The van der Waals surface area contributed by atoms with Crippen LogP contribution in [0.3, 0.4) is 0 Å². The van der Waals surface area contributed by atoms with Crippen molar-refractivity contribution in [2.24, 2.45) is 0 Å². The summed E-state index contributed by atoms with van der Waals surface area (Å²) in [5.74, 6) is -1.25. The summed E-state index contributed by atoms with van der Waals surface area (Å²) < 4.78 is 12.9. The number of aromatic hydroxyl groups is 1. The third kappa shape index (κ3) is 3.32. The van der Waals surface area contributed by atoms with Gasteiger partial charge in [0.25, 0.3) is 5.91 Å². The third-order valence-electron chi connectivity index (χ3n) is 3.02. The maximum Gasteiger partial charge on any atom is 0.257 e. The van der Waals surface area contributed by atoms with Crippen LogP contribution in [-0.2, 0) is 6.42 Å². The number of hydrogen-bond acceptors (Lipinski definition) is 3. The molecular formula is C15H15FN2O2. The average molecular weight is 274 g/mol. The van der Waals surface area contributed by atoms with Crippen LogP contribution < -0.4 is 0 Å². The fourth-order valence-electron chi connectivity index (χ4n) is 1.84. The molecule has 1 aromatic heterocycles. The fourth-order valence-corrected chi connectivity index (χ4v) is 1.84. The Balaban J connectivity index is 2.01. The van der Waals surface area contributed by atoms with E-state index in [1.165, 1.54) is 11.0 Å². The molecule has 1 N–H and O–H groups in total. The molecule has 0 atom stereocenters. The van der Waals surface area contributed by atoms with E-state index in [-0.39, 0.29) is 17.2 Å². The Bertz CT molecular complexity index is 602. The van der Waals surface area contributed by atoms with Crippen LogP contribution in [0.25, 0.3) is 0 Å². The molecule has 0 aliphatic rings. The molecule has 0 fully saturated rings. The van der Waals surface area contributed by atoms with Crippen LogP contribution in [-0.4, -0.2) is 34.5 Å². The first-order valence-corrected chi connectivity index (χ1v) is 6.21. The first-order chi connectivity index (χ1) is 9.58. The number of halogens is 1. The van der Waals surface area contributed by atoms with Crippen molar-refractivity contribution in [3.63, 3.8) is 0 Å². The predicted octanol–water partition coefficient (Wildman–Crippen LogP) is 2.24. The van der Waals surface area contributed by atoms with Crippen molar-refractivity contribution in [2.45, 2.75) is 6.42 Å². The van der Waals surface area contributed by atoms with Gasteiger partial charge in [-0.15, -0.1) is 0 Å². The Morgan fingerprint density at radius 2 is 2.00 bits per heavy atom. The van der Waals surface area contributed by atoms with Crippen molar-refractivity contribution < 1.29 is 14.3 Å². The highest BCUT2D eigenvalue weighted by atomic mass is 19.1. The van der Waals surface area contributed by atoms with Gasteiger partial charge in [0.2, 0.25) is 0 Å². The molecule has 0 bridgehead atoms. The summed E-state index contributed by atoms with van der Waals surface area (Å²) >= 11 is 0. The zero-order valence-corrected chi connectivity index (χ0v) is 11.1. The molecule has 104 valence electrons. The molecule has 2 rings (SSSR count). The van der Waals surface area contributed by atoms with Gasteiger partial charge in [-0.2, -0.15) is 0 Å². The molecule has 4 nitrogen and oxygen atoms in total. The number of pyridine rings is 1. The van der Waals surface area contributed by atoms with Gasteiger partial charge in [0.15, 0.2) is 0 Å². The highest BCUT2D eigenvalue weighted by molar-refractivity contribution is 5.96. The fraction of sp³-hybridized carbons (Fsp3) is 0.200. The van der Waals surface area contributed by atoms with Crippen LogP contribution in [0.4, 0.5) is 4.39 Å². The Labute approximate surface area is 116 Å². The summed E-state index contributed by atoms with van der Waals surface area (Å²) in [6.45, 7) is 0.500. The molecule has 2 aromatic rings. The Kier molecular flexibility index (Phi) is 4.30. The van der Waals surface area contributed by atoms with Crippen LogP contribution in [0, 0.1) is 5.82 Å². The van der Waals surface area contributed by atoms with Crippen LogP contribution in [0.2, 0.25) is 0 Å². The van der Waals surface area contributed by atoms with Gasteiger partial charge < -0.3 is 10.0 Å². The molecule has 1 aromatic carbocycles. The molecule has 0 spiro atoms.